The molecule has 102 valence electrons. The Hall–Kier alpha value is -0.850. The standard InChI is InChI=1S/C11H18ClN3O2S/c1-6-7-15(11(2,3)4)18(16,17)10-9(12)14(5)8-13-10/h6,8H,1,7H2,2-5H3. The molecule has 0 atom stereocenters. The van der Waals surface area contributed by atoms with Gasteiger partial charge in [-0.15, -0.1) is 6.58 Å². The predicted octanol–water partition coefficient (Wildman–Crippen LogP) is 2.05. The summed E-state index contributed by atoms with van der Waals surface area (Å²) in [4.78, 5) is 3.87. The van der Waals surface area contributed by atoms with E-state index in [2.05, 4.69) is 11.6 Å². The fourth-order valence-corrected chi connectivity index (χ4v) is 3.67. The summed E-state index contributed by atoms with van der Waals surface area (Å²) >= 11 is 5.96. The van der Waals surface area contributed by atoms with Gasteiger partial charge in [-0.2, -0.15) is 4.31 Å². The van der Waals surface area contributed by atoms with Crippen molar-refractivity contribution in [1.82, 2.24) is 13.9 Å². The van der Waals surface area contributed by atoms with E-state index in [0.717, 1.165) is 0 Å². The lowest BCUT2D eigenvalue weighted by Gasteiger charge is -2.32. The van der Waals surface area contributed by atoms with Crippen molar-refractivity contribution in [3.05, 3.63) is 24.1 Å². The normalized spacial score (nSPS) is 13.0. The molecule has 0 fully saturated rings. The average Bonchev–Trinajstić information content (AvgIpc) is 2.55. The predicted molar refractivity (Wildman–Crippen MR) is 72.1 cm³/mol. The summed E-state index contributed by atoms with van der Waals surface area (Å²) < 4.78 is 27.8. The third-order valence-corrected chi connectivity index (χ3v) is 5.03. The number of hydrogen-bond acceptors (Lipinski definition) is 3. The minimum absolute atomic E-state index is 0.105. The maximum absolute atomic E-state index is 12.5. The highest BCUT2D eigenvalue weighted by molar-refractivity contribution is 7.89. The topological polar surface area (TPSA) is 55.2 Å². The molecule has 18 heavy (non-hydrogen) atoms. The van der Waals surface area contributed by atoms with Gasteiger partial charge in [0.2, 0.25) is 5.03 Å². The Bertz CT molecular complexity index is 543. The lowest BCUT2D eigenvalue weighted by atomic mass is 10.1. The molecule has 1 aromatic rings. The molecule has 1 aromatic heterocycles. The fourth-order valence-electron chi connectivity index (χ4n) is 1.52. The Morgan fingerprint density at radius 1 is 1.56 bits per heavy atom. The smallest absolute Gasteiger partial charge is 0.264 e. The minimum atomic E-state index is -3.73. The van der Waals surface area contributed by atoms with Gasteiger partial charge in [0.05, 0.1) is 6.33 Å². The third-order valence-electron chi connectivity index (χ3n) is 2.41. The summed E-state index contributed by atoms with van der Waals surface area (Å²) in [5.41, 5.74) is -0.576. The van der Waals surface area contributed by atoms with Crippen LogP contribution >= 0.6 is 11.6 Å². The maximum atomic E-state index is 12.5. The van der Waals surface area contributed by atoms with Crippen LogP contribution in [0.1, 0.15) is 20.8 Å². The highest BCUT2D eigenvalue weighted by Crippen LogP contribution is 2.27. The van der Waals surface area contributed by atoms with Gasteiger partial charge in [0.15, 0.2) is 0 Å². The molecule has 0 aliphatic carbocycles. The van der Waals surface area contributed by atoms with Gasteiger partial charge in [-0.1, -0.05) is 17.7 Å². The van der Waals surface area contributed by atoms with E-state index in [1.54, 1.807) is 13.1 Å². The number of aryl methyl sites for hydroxylation is 1. The monoisotopic (exact) mass is 291 g/mol. The van der Waals surface area contributed by atoms with E-state index in [9.17, 15) is 8.42 Å². The Labute approximate surface area is 113 Å². The zero-order valence-electron chi connectivity index (χ0n) is 11.0. The van der Waals surface area contributed by atoms with Crippen molar-refractivity contribution in [1.29, 1.82) is 0 Å². The molecule has 0 spiro atoms. The van der Waals surface area contributed by atoms with Crippen molar-refractivity contribution in [2.45, 2.75) is 31.3 Å². The molecule has 1 rings (SSSR count). The van der Waals surface area contributed by atoms with E-state index in [1.165, 1.54) is 15.2 Å². The molecule has 0 bridgehead atoms. The van der Waals surface area contributed by atoms with Crippen LogP contribution in [0.15, 0.2) is 24.0 Å². The van der Waals surface area contributed by atoms with Gasteiger partial charge >= 0.3 is 0 Å². The van der Waals surface area contributed by atoms with Gasteiger partial charge in [-0.05, 0) is 20.8 Å². The van der Waals surface area contributed by atoms with Crippen molar-refractivity contribution in [3.8, 4) is 0 Å². The van der Waals surface area contributed by atoms with Crippen LogP contribution in [-0.4, -0.2) is 34.4 Å². The van der Waals surface area contributed by atoms with Gasteiger partial charge in [0.1, 0.15) is 5.15 Å². The number of rotatable bonds is 4. The molecule has 0 unspecified atom stereocenters. The summed E-state index contributed by atoms with van der Waals surface area (Å²) in [6.45, 7) is 9.22. The molecule has 5 nitrogen and oxygen atoms in total. The van der Waals surface area contributed by atoms with Gasteiger partial charge < -0.3 is 4.57 Å². The molecule has 0 saturated heterocycles. The average molecular weight is 292 g/mol. The number of sulfonamides is 1. The van der Waals surface area contributed by atoms with E-state index in [1.807, 2.05) is 20.8 Å². The molecule has 7 heteroatoms. The molecule has 0 aliphatic rings. The molecule has 0 amide bonds. The van der Waals surface area contributed by atoms with Crippen LogP contribution in [-0.2, 0) is 17.1 Å². The van der Waals surface area contributed by atoms with Gasteiger partial charge in [0.25, 0.3) is 10.0 Å². The van der Waals surface area contributed by atoms with Crippen LogP contribution < -0.4 is 0 Å². The van der Waals surface area contributed by atoms with Crippen molar-refractivity contribution in [3.63, 3.8) is 0 Å². The highest BCUT2D eigenvalue weighted by atomic mass is 35.5. The van der Waals surface area contributed by atoms with Crippen molar-refractivity contribution < 1.29 is 8.42 Å². The van der Waals surface area contributed by atoms with Crippen molar-refractivity contribution in [2.24, 2.45) is 7.05 Å². The van der Waals surface area contributed by atoms with E-state index in [4.69, 9.17) is 11.6 Å². The number of halogens is 1. The summed E-state index contributed by atoms with van der Waals surface area (Å²) in [7, 11) is -2.09. The van der Waals surface area contributed by atoms with Crippen molar-refractivity contribution in [2.75, 3.05) is 6.54 Å². The number of aromatic nitrogens is 2. The first kappa shape index (κ1) is 15.2. The summed E-state index contributed by atoms with van der Waals surface area (Å²) in [6.07, 6.45) is 2.92. The first-order valence-electron chi connectivity index (χ1n) is 5.43. The molecular formula is C11H18ClN3O2S. The van der Waals surface area contributed by atoms with Crippen LogP contribution in [0.2, 0.25) is 5.15 Å². The number of hydrogen-bond donors (Lipinski definition) is 0. The van der Waals surface area contributed by atoms with Gasteiger partial charge in [0, 0.05) is 19.1 Å². The Morgan fingerprint density at radius 2 is 2.11 bits per heavy atom. The van der Waals surface area contributed by atoms with Crippen LogP contribution in [0.25, 0.3) is 0 Å². The quantitative estimate of drug-likeness (QED) is 0.798. The van der Waals surface area contributed by atoms with Crippen LogP contribution in [0.5, 0.6) is 0 Å². The highest BCUT2D eigenvalue weighted by Gasteiger charge is 2.36. The van der Waals surface area contributed by atoms with Gasteiger partial charge in [-0.25, -0.2) is 13.4 Å². The Morgan fingerprint density at radius 3 is 2.44 bits per heavy atom. The summed E-state index contributed by atoms with van der Waals surface area (Å²) in [6, 6.07) is 0. The third kappa shape index (κ3) is 2.76. The van der Waals surface area contributed by atoms with Crippen molar-refractivity contribution >= 4 is 21.6 Å². The lowest BCUT2D eigenvalue weighted by Crippen LogP contribution is -2.45. The van der Waals surface area contributed by atoms with E-state index < -0.39 is 15.6 Å². The van der Waals surface area contributed by atoms with Crippen LogP contribution in [0, 0.1) is 0 Å². The fraction of sp³-hybridized carbons (Fsp3) is 0.545. The largest absolute Gasteiger partial charge is 0.324 e. The lowest BCUT2D eigenvalue weighted by molar-refractivity contribution is 0.269. The summed E-state index contributed by atoms with van der Waals surface area (Å²) in [5, 5.41) is -0.0169. The number of nitrogens with zero attached hydrogens (tertiary/aromatic N) is 3. The first-order valence-corrected chi connectivity index (χ1v) is 7.24. The second kappa shape index (κ2) is 5.03. The Balaban J connectivity index is 3.35. The zero-order valence-corrected chi connectivity index (χ0v) is 12.6. The molecule has 1 heterocycles. The first-order chi connectivity index (χ1) is 8.12. The van der Waals surface area contributed by atoms with E-state index in [0.29, 0.717) is 0 Å². The Kier molecular flexibility index (Phi) is 4.25. The van der Waals surface area contributed by atoms with Crippen LogP contribution in [0.3, 0.4) is 0 Å². The van der Waals surface area contributed by atoms with E-state index in [-0.39, 0.29) is 16.7 Å². The zero-order chi connectivity index (χ0) is 14.1. The minimum Gasteiger partial charge on any atom is -0.324 e. The van der Waals surface area contributed by atoms with Gasteiger partial charge in [-0.3, -0.25) is 0 Å². The molecule has 0 aliphatic heterocycles. The molecule has 0 aromatic carbocycles. The molecule has 0 radical (unpaired) electrons. The second-order valence-corrected chi connectivity index (χ2v) is 7.08. The molecule has 0 N–H and O–H groups in total. The molecule has 0 saturated carbocycles. The van der Waals surface area contributed by atoms with Crippen LogP contribution in [0.4, 0.5) is 0 Å². The maximum Gasteiger partial charge on any atom is 0.264 e. The van der Waals surface area contributed by atoms with E-state index >= 15 is 0 Å². The summed E-state index contributed by atoms with van der Waals surface area (Å²) in [5.74, 6) is 0. The second-order valence-electron chi connectivity index (χ2n) is 4.95. The number of imidazole rings is 1. The SMILES string of the molecule is C=CCN(C(C)(C)C)S(=O)(=O)c1ncn(C)c1Cl. The molecular weight excluding hydrogens is 274 g/mol.